The lowest BCUT2D eigenvalue weighted by Gasteiger charge is -2.35. The van der Waals surface area contributed by atoms with E-state index in [1.165, 1.54) is 5.56 Å². The Morgan fingerprint density at radius 2 is 1.79 bits per heavy atom. The summed E-state index contributed by atoms with van der Waals surface area (Å²) in [6, 6.07) is 18.8. The monoisotopic (exact) mass is 390 g/mol. The summed E-state index contributed by atoms with van der Waals surface area (Å²) in [6.45, 7) is 1.42. The topological polar surface area (TPSA) is 40.6 Å². The van der Waals surface area contributed by atoms with E-state index < -0.39 is 0 Å². The molecule has 2 aromatic rings. The van der Waals surface area contributed by atoms with Crippen LogP contribution >= 0.6 is 0 Å². The number of carbonyl (C=O) groups excluding carboxylic acids is 2. The van der Waals surface area contributed by atoms with Gasteiger partial charge in [0.25, 0.3) is 5.91 Å². The minimum atomic E-state index is 0.0859. The number of rotatable bonds is 5. The molecule has 1 heterocycles. The van der Waals surface area contributed by atoms with Crippen molar-refractivity contribution in [1.82, 2.24) is 9.80 Å². The average Bonchev–Trinajstić information content (AvgIpc) is 3.18. The molecule has 1 saturated heterocycles. The third kappa shape index (κ3) is 4.52. The fourth-order valence-electron chi connectivity index (χ4n) is 4.79. The lowest BCUT2D eigenvalue weighted by atomic mass is 9.81. The van der Waals surface area contributed by atoms with Gasteiger partial charge in [-0.1, -0.05) is 42.5 Å². The summed E-state index contributed by atoms with van der Waals surface area (Å²) in [5.74, 6) is 0.911. The average molecular weight is 391 g/mol. The molecule has 4 rings (SSSR count). The lowest BCUT2D eigenvalue weighted by molar-refractivity contribution is -0.128. The molecular weight excluding hydrogens is 360 g/mol. The Bertz CT molecular complexity index is 856. The molecule has 2 aliphatic rings. The van der Waals surface area contributed by atoms with Crippen molar-refractivity contribution in [2.24, 2.45) is 0 Å². The second-order valence-corrected chi connectivity index (χ2v) is 8.45. The van der Waals surface area contributed by atoms with Crippen LogP contribution in [0.25, 0.3) is 0 Å². The summed E-state index contributed by atoms with van der Waals surface area (Å²) in [6.07, 6.45) is 5.93. The van der Waals surface area contributed by atoms with E-state index in [9.17, 15) is 9.59 Å². The van der Waals surface area contributed by atoms with Crippen molar-refractivity contribution in [3.8, 4) is 0 Å². The molecule has 0 bridgehead atoms. The van der Waals surface area contributed by atoms with Gasteiger partial charge in [0.1, 0.15) is 0 Å². The number of hydrogen-bond acceptors (Lipinski definition) is 2. The molecule has 2 fully saturated rings. The minimum absolute atomic E-state index is 0.0859. The molecule has 4 heteroatoms. The molecule has 0 spiro atoms. The van der Waals surface area contributed by atoms with E-state index in [-0.39, 0.29) is 11.8 Å². The highest BCUT2D eigenvalue weighted by Gasteiger charge is 2.28. The van der Waals surface area contributed by atoms with E-state index in [0.717, 1.165) is 49.8 Å². The molecule has 2 amide bonds. The normalized spacial score (nSPS) is 22.0. The van der Waals surface area contributed by atoms with E-state index in [4.69, 9.17) is 0 Å². The van der Waals surface area contributed by atoms with Crippen molar-refractivity contribution in [1.29, 1.82) is 0 Å². The minimum Gasteiger partial charge on any atom is -0.339 e. The number of amides is 2. The van der Waals surface area contributed by atoms with Gasteiger partial charge in [-0.05, 0) is 61.3 Å². The molecular formula is C25H30N2O2. The van der Waals surface area contributed by atoms with Gasteiger partial charge < -0.3 is 9.80 Å². The highest BCUT2D eigenvalue weighted by Crippen LogP contribution is 2.34. The van der Waals surface area contributed by atoms with Crippen LogP contribution in [0.4, 0.5) is 0 Å². The van der Waals surface area contributed by atoms with Crippen molar-refractivity contribution in [2.75, 3.05) is 13.6 Å². The first-order valence-electron chi connectivity index (χ1n) is 10.8. The quantitative estimate of drug-likeness (QED) is 0.748. The lowest BCUT2D eigenvalue weighted by Crippen LogP contribution is -2.39. The Labute approximate surface area is 173 Å². The summed E-state index contributed by atoms with van der Waals surface area (Å²) in [5, 5.41) is 0. The highest BCUT2D eigenvalue weighted by atomic mass is 16.2. The maximum Gasteiger partial charge on any atom is 0.253 e. The van der Waals surface area contributed by atoms with Crippen LogP contribution in [0.15, 0.2) is 54.6 Å². The van der Waals surface area contributed by atoms with Crippen molar-refractivity contribution in [2.45, 2.75) is 57.0 Å². The van der Waals surface area contributed by atoms with Crippen LogP contribution in [0.3, 0.4) is 0 Å². The van der Waals surface area contributed by atoms with Crippen molar-refractivity contribution in [3.05, 3.63) is 71.3 Å². The van der Waals surface area contributed by atoms with Gasteiger partial charge in [-0.2, -0.15) is 0 Å². The molecule has 4 nitrogen and oxygen atoms in total. The number of likely N-dealkylation sites (tertiary alicyclic amines) is 1. The van der Waals surface area contributed by atoms with Gasteiger partial charge in [-0.15, -0.1) is 0 Å². The first kappa shape index (κ1) is 19.7. The molecule has 1 aliphatic heterocycles. The van der Waals surface area contributed by atoms with Crippen molar-refractivity contribution in [3.63, 3.8) is 0 Å². The summed E-state index contributed by atoms with van der Waals surface area (Å²) < 4.78 is 0. The standard InChI is InChI=1S/C25H30N2O2/c1-26(23-14-12-21(13-15-23)20-8-3-2-4-9-20)25(29)22-10-5-7-19(17-22)18-27-16-6-11-24(27)28/h2-5,7-10,17,21,23H,6,11-16,18H2,1H3. The SMILES string of the molecule is CN(C(=O)c1cccc(CN2CCCC2=O)c1)C1CCC(c2ccccc2)CC1. The van der Waals surface area contributed by atoms with Crippen LogP contribution in [0.5, 0.6) is 0 Å². The Hall–Kier alpha value is -2.62. The Balaban J connectivity index is 1.37. The third-order valence-corrected chi connectivity index (χ3v) is 6.55. The Morgan fingerprint density at radius 3 is 2.48 bits per heavy atom. The van der Waals surface area contributed by atoms with Crippen LogP contribution in [-0.2, 0) is 11.3 Å². The van der Waals surface area contributed by atoms with Crippen LogP contribution in [-0.4, -0.2) is 41.2 Å². The largest absolute Gasteiger partial charge is 0.339 e. The second kappa shape index (κ2) is 8.81. The van der Waals surface area contributed by atoms with Crippen LogP contribution in [0.2, 0.25) is 0 Å². The first-order valence-corrected chi connectivity index (χ1v) is 10.8. The van der Waals surface area contributed by atoms with Crippen molar-refractivity contribution < 1.29 is 9.59 Å². The smallest absolute Gasteiger partial charge is 0.253 e. The Kier molecular flexibility index (Phi) is 5.98. The number of nitrogens with zero attached hydrogens (tertiary/aromatic N) is 2. The number of hydrogen-bond donors (Lipinski definition) is 0. The second-order valence-electron chi connectivity index (χ2n) is 8.45. The number of benzene rings is 2. The van der Waals surface area contributed by atoms with Gasteiger partial charge in [0.2, 0.25) is 5.91 Å². The third-order valence-electron chi connectivity index (χ3n) is 6.55. The summed E-state index contributed by atoms with van der Waals surface area (Å²) in [5.41, 5.74) is 3.18. The molecule has 0 unspecified atom stereocenters. The summed E-state index contributed by atoms with van der Waals surface area (Å²) in [7, 11) is 1.94. The predicted octanol–water partition coefficient (Wildman–Crippen LogP) is 4.61. The fraction of sp³-hybridized carbons (Fsp3) is 0.440. The van der Waals surface area contributed by atoms with Gasteiger partial charge >= 0.3 is 0 Å². The van der Waals surface area contributed by atoms with E-state index in [0.29, 0.717) is 24.9 Å². The van der Waals surface area contributed by atoms with E-state index in [2.05, 4.69) is 30.3 Å². The van der Waals surface area contributed by atoms with Gasteiger partial charge in [0.15, 0.2) is 0 Å². The van der Waals surface area contributed by atoms with Gasteiger partial charge in [0, 0.05) is 38.2 Å². The molecule has 29 heavy (non-hydrogen) atoms. The zero-order valence-electron chi connectivity index (χ0n) is 17.2. The molecule has 0 atom stereocenters. The fourth-order valence-corrected chi connectivity index (χ4v) is 4.79. The molecule has 0 radical (unpaired) electrons. The van der Waals surface area contributed by atoms with Gasteiger partial charge in [-0.3, -0.25) is 9.59 Å². The maximum atomic E-state index is 13.1. The van der Waals surface area contributed by atoms with Crippen molar-refractivity contribution >= 4 is 11.8 Å². The number of carbonyl (C=O) groups is 2. The summed E-state index contributed by atoms with van der Waals surface area (Å²) >= 11 is 0. The molecule has 1 saturated carbocycles. The Morgan fingerprint density at radius 1 is 1.03 bits per heavy atom. The van der Waals surface area contributed by atoms with Gasteiger partial charge in [-0.25, -0.2) is 0 Å². The van der Waals surface area contributed by atoms with E-state index in [1.807, 2.05) is 41.1 Å². The van der Waals surface area contributed by atoms with Gasteiger partial charge in [0.05, 0.1) is 0 Å². The van der Waals surface area contributed by atoms with Crippen LogP contribution < -0.4 is 0 Å². The summed E-state index contributed by atoms with van der Waals surface area (Å²) in [4.78, 5) is 28.8. The van der Waals surface area contributed by atoms with E-state index >= 15 is 0 Å². The molecule has 152 valence electrons. The molecule has 0 aromatic heterocycles. The van der Waals surface area contributed by atoms with Crippen LogP contribution in [0, 0.1) is 0 Å². The molecule has 1 aliphatic carbocycles. The zero-order valence-corrected chi connectivity index (χ0v) is 17.2. The highest BCUT2D eigenvalue weighted by molar-refractivity contribution is 5.94. The predicted molar refractivity (Wildman–Crippen MR) is 115 cm³/mol. The van der Waals surface area contributed by atoms with E-state index in [1.54, 1.807) is 0 Å². The zero-order chi connectivity index (χ0) is 20.2. The van der Waals surface area contributed by atoms with Crippen LogP contribution in [0.1, 0.15) is 65.9 Å². The molecule has 0 N–H and O–H groups in total. The first-order chi connectivity index (χ1) is 14.1. The molecule has 2 aromatic carbocycles. The maximum absolute atomic E-state index is 13.1.